The molecule has 0 fully saturated rings. The molecule has 1 amide bonds. The first-order chi connectivity index (χ1) is 11.7. The zero-order valence-corrected chi connectivity index (χ0v) is 14.3. The lowest BCUT2D eigenvalue weighted by Crippen LogP contribution is -2.21. The summed E-state index contributed by atoms with van der Waals surface area (Å²) in [5.41, 5.74) is 5.18. The first-order valence-electron chi connectivity index (χ1n) is 7.64. The molecule has 2 heterocycles. The topological polar surface area (TPSA) is 72.4 Å². The van der Waals surface area contributed by atoms with E-state index in [1.165, 1.54) is 11.8 Å². The summed E-state index contributed by atoms with van der Waals surface area (Å²) in [5, 5.41) is 4.88. The monoisotopic (exact) mass is 342 g/mol. The highest BCUT2D eigenvalue weighted by molar-refractivity contribution is 7.99. The number of amides is 1. The van der Waals surface area contributed by atoms with Crippen molar-refractivity contribution in [2.45, 2.75) is 25.5 Å². The predicted molar refractivity (Wildman–Crippen MR) is 95.2 cm³/mol. The minimum absolute atomic E-state index is 0.180. The van der Waals surface area contributed by atoms with Gasteiger partial charge in [-0.2, -0.15) is 5.10 Å². The Balaban J connectivity index is 1.63. The molecule has 0 bridgehead atoms. The number of hydrazone groups is 1. The zero-order chi connectivity index (χ0) is 16.9. The molecule has 6 nitrogen and oxygen atoms in total. The molecule has 1 aromatic carbocycles. The Labute approximate surface area is 143 Å². The fraction of sp³-hybridized carbons (Fsp3) is 0.235. The number of para-hydroxylation sites is 2. The van der Waals surface area contributed by atoms with Gasteiger partial charge in [-0.05, 0) is 38.1 Å². The second-order valence-electron chi connectivity index (χ2n) is 5.13. The van der Waals surface area contributed by atoms with Crippen LogP contribution in [-0.4, -0.2) is 26.9 Å². The number of hydrogen-bond donors (Lipinski definition) is 1. The third kappa shape index (κ3) is 3.51. The smallest absolute Gasteiger partial charge is 0.250 e. The van der Waals surface area contributed by atoms with Gasteiger partial charge in [0, 0.05) is 6.54 Å². The van der Waals surface area contributed by atoms with Crippen LogP contribution in [0.3, 0.4) is 0 Å². The number of hydrogen-bond acceptors (Lipinski definition) is 5. The highest BCUT2D eigenvalue weighted by Crippen LogP contribution is 2.23. The molecule has 0 saturated heterocycles. The molecular weight excluding hydrogens is 324 g/mol. The van der Waals surface area contributed by atoms with E-state index < -0.39 is 0 Å². The fourth-order valence-corrected chi connectivity index (χ4v) is 3.19. The van der Waals surface area contributed by atoms with E-state index in [0.29, 0.717) is 11.5 Å². The molecule has 7 heteroatoms. The lowest BCUT2D eigenvalue weighted by atomic mass is 10.3. The Morgan fingerprint density at radius 3 is 2.92 bits per heavy atom. The average Bonchev–Trinajstić information content (AvgIpc) is 3.24. The van der Waals surface area contributed by atoms with E-state index in [1.54, 1.807) is 25.3 Å². The van der Waals surface area contributed by atoms with Gasteiger partial charge >= 0.3 is 0 Å². The quantitative estimate of drug-likeness (QED) is 0.424. The van der Waals surface area contributed by atoms with E-state index >= 15 is 0 Å². The van der Waals surface area contributed by atoms with Gasteiger partial charge in [-0.15, -0.1) is 0 Å². The molecule has 0 spiro atoms. The summed E-state index contributed by atoms with van der Waals surface area (Å²) in [4.78, 5) is 16.6. The second kappa shape index (κ2) is 7.35. The highest BCUT2D eigenvalue weighted by atomic mass is 32.2. The summed E-state index contributed by atoms with van der Waals surface area (Å²) >= 11 is 1.40. The fourth-order valence-electron chi connectivity index (χ4n) is 2.32. The van der Waals surface area contributed by atoms with Crippen LogP contribution in [0.25, 0.3) is 11.0 Å². The van der Waals surface area contributed by atoms with Crippen molar-refractivity contribution in [3.8, 4) is 0 Å². The van der Waals surface area contributed by atoms with E-state index in [9.17, 15) is 4.79 Å². The van der Waals surface area contributed by atoms with Gasteiger partial charge in [0.15, 0.2) is 5.16 Å². The molecule has 2 aromatic heterocycles. The maximum absolute atomic E-state index is 12.0. The van der Waals surface area contributed by atoms with Gasteiger partial charge in [-0.3, -0.25) is 4.79 Å². The molecule has 0 aliphatic carbocycles. The molecule has 0 atom stereocenters. The van der Waals surface area contributed by atoms with E-state index in [1.807, 2.05) is 24.3 Å². The number of fused-ring (bicyclic) bond motifs is 1. The lowest BCUT2D eigenvalue weighted by Gasteiger charge is -2.05. The van der Waals surface area contributed by atoms with Gasteiger partial charge < -0.3 is 8.98 Å². The van der Waals surface area contributed by atoms with Crippen LogP contribution in [0, 0.1) is 0 Å². The van der Waals surface area contributed by atoms with Crippen molar-refractivity contribution in [3.05, 3.63) is 48.4 Å². The first-order valence-corrected chi connectivity index (χ1v) is 8.62. The molecular formula is C17H18N4O2S. The Kier molecular flexibility index (Phi) is 5.00. The second-order valence-corrected chi connectivity index (χ2v) is 6.07. The van der Waals surface area contributed by atoms with Crippen LogP contribution >= 0.6 is 11.8 Å². The van der Waals surface area contributed by atoms with Crippen LogP contribution in [0.1, 0.15) is 19.6 Å². The van der Waals surface area contributed by atoms with E-state index in [2.05, 4.69) is 27.0 Å². The summed E-state index contributed by atoms with van der Waals surface area (Å²) in [6.45, 7) is 4.65. The number of aromatic nitrogens is 2. The number of nitrogens with one attached hydrogen (secondary N) is 1. The van der Waals surface area contributed by atoms with Crippen LogP contribution < -0.4 is 5.43 Å². The van der Waals surface area contributed by atoms with Crippen LogP contribution in [-0.2, 0) is 11.3 Å². The van der Waals surface area contributed by atoms with Crippen LogP contribution in [0.4, 0.5) is 0 Å². The number of rotatable bonds is 6. The number of carbonyl (C=O) groups is 1. The number of imidazole rings is 1. The Hall–Kier alpha value is -2.54. The van der Waals surface area contributed by atoms with Crippen molar-refractivity contribution < 1.29 is 9.21 Å². The predicted octanol–water partition coefficient (Wildman–Crippen LogP) is 3.28. The minimum Gasteiger partial charge on any atom is -0.463 e. The standard InChI is InChI=1S/C17H18N4O2S/c1-3-21-14-8-5-4-7-13(14)18-17(21)24-11-16(22)20-19-12(2)15-9-6-10-23-15/h4-10H,3,11H2,1-2H3,(H,20,22). The molecule has 0 aliphatic heterocycles. The van der Waals surface area contributed by atoms with Crippen molar-refractivity contribution in [1.29, 1.82) is 0 Å². The van der Waals surface area contributed by atoms with Gasteiger partial charge in [0.25, 0.3) is 5.91 Å². The van der Waals surface area contributed by atoms with Crippen LogP contribution in [0.2, 0.25) is 0 Å². The summed E-state index contributed by atoms with van der Waals surface area (Å²) in [5.74, 6) is 0.703. The third-order valence-electron chi connectivity index (χ3n) is 3.49. The zero-order valence-electron chi connectivity index (χ0n) is 13.5. The van der Waals surface area contributed by atoms with Gasteiger partial charge in [-0.25, -0.2) is 10.4 Å². The number of nitrogens with zero attached hydrogens (tertiary/aromatic N) is 3. The largest absolute Gasteiger partial charge is 0.463 e. The minimum atomic E-state index is -0.180. The van der Waals surface area contributed by atoms with Crippen LogP contribution in [0.5, 0.6) is 0 Å². The van der Waals surface area contributed by atoms with Crippen molar-refractivity contribution in [2.75, 3.05) is 5.75 Å². The molecule has 3 rings (SSSR count). The Bertz CT molecular complexity index is 868. The van der Waals surface area contributed by atoms with Crippen molar-refractivity contribution >= 4 is 34.4 Å². The van der Waals surface area contributed by atoms with E-state index in [4.69, 9.17) is 4.42 Å². The lowest BCUT2D eigenvalue weighted by molar-refractivity contribution is -0.118. The normalized spacial score (nSPS) is 11.8. The SMILES string of the molecule is CCn1c(SCC(=O)NN=C(C)c2ccco2)nc2ccccc21. The van der Waals surface area contributed by atoms with E-state index in [0.717, 1.165) is 22.7 Å². The number of aryl methyl sites for hydroxylation is 1. The van der Waals surface area contributed by atoms with Crippen molar-refractivity contribution in [3.63, 3.8) is 0 Å². The molecule has 0 saturated carbocycles. The summed E-state index contributed by atoms with van der Waals surface area (Å²) in [7, 11) is 0. The van der Waals surface area contributed by atoms with Gasteiger partial charge in [0.1, 0.15) is 11.5 Å². The molecule has 1 N–H and O–H groups in total. The van der Waals surface area contributed by atoms with Crippen LogP contribution in [0.15, 0.2) is 57.3 Å². The maximum atomic E-state index is 12.0. The van der Waals surface area contributed by atoms with E-state index in [-0.39, 0.29) is 11.7 Å². The Morgan fingerprint density at radius 2 is 2.17 bits per heavy atom. The number of thioether (sulfide) groups is 1. The third-order valence-corrected chi connectivity index (χ3v) is 4.47. The molecule has 0 aliphatic rings. The molecule has 0 radical (unpaired) electrons. The summed E-state index contributed by atoms with van der Waals surface area (Å²) in [6, 6.07) is 11.5. The average molecular weight is 342 g/mol. The summed E-state index contributed by atoms with van der Waals surface area (Å²) in [6.07, 6.45) is 1.57. The van der Waals surface area contributed by atoms with Gasteiger partial charge in [-0.1, -0.05) is 23.9 Å². The van der Waals surface area contributed by atoms with Crippen molar-refractivity contribution in [1.82, 2.24) is 15.0 Å². The molecule has 124 valence electrons. The molecule has 0 unspecified atom stereocenters. The maximum Gasteiger partial charge on any atom is 0.250 e. The number of furan rings is 1. The highest BCUT2D eigenvalue weighted by Gasteiger charge is 2.11. The first kappa shape index (κ1) is 16.3. The number of benzene rings is 1. The molecule has 3 aromatic rings. The Morgan fingerprint density at radius 1 is 1.33 bits per heavy atom. The van der Waals surface area contributed by atoms with Crippen molar-refractivity contribution in [2.24, 2.45) is 5.10 Å². The van der Waals surface area contributed by atoms with Gasteiger partial charge in [0.2, 0.25) is 0 Å². The van der Waals surface area contributed by atoms with Gasteiger partial charge in [0.05, 0.1) is 23.0 Å². The summed E-state index contributed by atoms with van der Waals surface area (Å²) < 4.78 is 7.32. The molecule has 24 heavy (non-hydrogen) atoms. The number of carbonyl (C=O) groups excluding carboxylic acids is 1.